The molecule has 2 amide bonds. The molecule has 2 heterocycles. The van der Waals surface area contributed by atoms with Crippen LogP contribution in [0.1, 0.15) is 11.1 Å². The molecule has 2 aliphatic rings. The number of hydrogen-bond donors (Lipinski definition) is 1. The van der Waals surface area contributed by atoms with Crippen molar-refractivity contribution in [1.29, 1.82) is 0 Å². The van der Waals surface area contributed by atoms with Crippen molar-refractivity contribution in [3.8, 4) is 17.2 Å². The molecule has 4 rings (SSSR count). The topological polar surface area (TPSA) is 76.1 Å². The molecule has 1 unspecified atom stereocenters. The van der Waals surface area contributed by atoms with E-state index in [9.17, 15) is 27.9 Å². The molecular formula is C20H14F3NO5S. The lowest BCUT2D eigenvalue weighted by atomic mass is 10.1. The van der Waals surface area contributed by atoms with Gasteiger partial charge in [-0.25, -0.2) is 0 Å². The smallest absolute Gasteiger partial charge is 0.419 e. The van der Waals surface area contributed by atoms with E-state index in [1.807, 2.05) is 0 Å². The van der Waals surface area contributed by atoms with E-state index in [4.69, 9.17) is 9.47 Å². The molecule has 0 spiro atoms. The Kier molecular flexibility index (Phi) is 5.10. The van der Waals surface area contributed by atoms with Gasteiger partial charge in [-0.15, -0.1) is 0 Å². The quantitative estimate of drug-likeness (QED) is 0.723. The van der Waals surface area contributed by atoms with Gasteiger partial charge in [0.1, 0.15) is 12.4 Å². The van der Waals surface area contributed by atoms with Crippen LogP contribution in [0, 0.1) is 0 Å². The predicted octanol–water partition coefficient (Wildman–Crippen LogP) is 4.29. The number of carbonyl (C=O) groups is 2. The molecule has 1 N–H and O–H groups in total. The van der Waals surface area contributed by atoms with Crippen LogP contribution in [0.4, 0.5) is 18.0 Å². The third-order valence-corrected chi connectivity index (χ3v) is 5.36. The minimum atomic E-state index is -4.75. The van der Waals surface area contributed by atoms with Crippen LogP contribution >= 0.6 is 11.8 Å². The molecule has 2 aliphatic heterocycles. The number of imide groups is 1. The second-order valence-electron chi connectivity index (χ2n) is 6.56. The van der Waals surface area contributed by atoms with Gasteiger partial charge in [-0.05, 0) is 47.7 Å². The summed E-state index contributed by atoms with van der Waals surface area (Å²) >= 11 is 0.627. The van der Waals surface area contributed by atoms with Crippen molar-refractivity contribution in [3.63, 3.8) is 0 Å². The number of para-hydroxylation sites is 2. The number of rotatable bonds is 3. The monoisotopic (exact) mass is 437 g/mol. The van der Waals surface area contributed by atoms with Gasteiger partial charge in [-0.1, -0.05) is 18.2 Å². The van der Waals surface area contributed by atoms with Crippen LogP contribution in [-0.2, 0) is 11.0 Å². The van der Waals surface area contributed by atoms with Crippen molar-refractivity contribution in [1.82, 2.24) is 4.90 Å². The van der Waals surface area contributed by atoms with Crippen LogP contribution in [0.5, 0.6) is 17.2 Å². The summed E-state index contributed by atoms with van der Waals surface area (Å²) in [5.74, 6) is -0.479. The lowest BCUT2D eigenvalue weighted by Gasteiger charge is -2.28. The molecule has 6 nitrogen and oxygen atoms in total. The average molecular weight is 437 g/mol. The van der Waals surface area contributed by atoms with Crippen molar-refractivity contribution < 1.29 is 37.3 Å². The number of alkyl halides is 3. The number of benzene rings is 2. The van der Waals surface area contributed by atoms with Crippen LogP contribution in [0.2, 0.25) is 0 Å². The van der Waals surface area contributed by atoms with Crippen molar-refractivity contribution >= 4 is 29.0 Å². The number of aromatic hydroxyl groups is 1. The van der Waals surface area contributed by atoms with Gasteiger partial charge < -0.3 is 14.6 Å². The molecule has 1 saturated heterocycles. The van der Waals surface area contributed by atoms with E-state index in [-0.39, 0.29) is 23.6 Å². The summed E-state index contributed by atoms with van der Waals surface area (Å²) in [4.78, 5) is 25.9. The van der Waals surface area contributed by atoms with E-state index in [2.05, 4.69) is 0 Å². The van der Waals surface area contributed by atoms with E-state index in [1.54, 1.807) is 24.3 Å². The zero-order valence-electron chi connectivity index (χ0n) is 15.2. The fourth-order valence-corrected chi connectivity index (χ4v) is 3.88. The molecule has 0 radical (unpaired) electrons. The molecular weight excluding hydrogens is 423 g/mol. The molecule has 0 aromatic heterocycles. The number of hydrogen-bond acceptors (Lipinski definition) is 6. The van der Waals surface area contributed by atoms with Gasteiger partial charge in [0.25, 0.3) is 11.1 Å². The summed E-state index contributed by atoms with van der Waals surface area (Å²) < 4.78 is 50.2. The van der Waals surface area contributed by atoms with Crippen molar-refractivity contribution in [2.75, 3.05) is 13.2 Å². The first kappa shape index (κ1) is 20.1. The molecule has 1 fully saturated rings. The summed E-state index contributed by atoms with van der Waals surface area (Å²) in [7, 11) is 0. The van der Waals surface area contributed by atoms with Crippen LogP contribution < -0.4 is 9.47 Å². The number of amides is 2. The van der Waals surface area contributed by atoms with Gasteiger partial charge in [0.15, 0.2) is 17.6 Å². The summed E-state index contributed by atoms with van der Waals surface area (Å²) in [6, 6.07) is 9.84. The maximum absolute atomic E-state index is 13.0. The number of halogens is 3. The molecule has 1 atom stereocenters. The Morgan fingerprint density at radius 1 is 1.17 bits per heavy atom. The number of carbonyl (C=O) groups excluding carboxylic acids is 2. The molecule has 156 valence electrons. The van der Waals surface area contributed by atoms with Crippen molar-refractivity contribution in [2.24, 2.45) is 0 Å². The highest BCUT2D eigenvalue weighted by molar-refractivity contribution is 8.18. The Morgan fingerprint density at radius 3 is 2.63 bits per heavy atom. The Hall–Kier alpha value is -3.14. The van der Waals surface area contributed by atoms with E-state index >= 15 is 0 Å². The van der Waals surface area contributed by atoms with E-state index < -0.39 is 34.7 Å². The third-order valence-electron chi connectivity index (χ3n) is 4.45. The van der Waals surface area contributed by atoms with Gasteiger partial charge >= 0.3 is 6.18 Å². The third kappa shape index (κ3) is 3.95. The Morgan fingerprint density at radius 2 is 1.90 bits per heavy atom. The number of phenolic OH excluding ortho intramolecular Hbond substituents is 1. The zero-order chi connectivity index (χ0) is 21.5. The lowest BCUT2D eigenvalue weighted by Crippen LogP contribution is -2.42. The Labute approximate surface area is 172 Å². The second-order valence-corrected chi connectivity index (χ2v) is 7.56. The normalized spacial score (nSPS) is 20.2. The van der Waals surface area contributed by atoms with E-state index in [0.29, 0.717) is 23.3 Å². The lowest BCUT2D eigenvalue weighted by molar-refractivity contribution is -0.138. The standard InChI is InChI=1S/C20H14F3NO5S/c21-20(22,23)13-7-11(5-6-14(13)25)8-17-18(26)24(19(27)30-17)9-12-10-28-15-3-1-2-4-16(15)29-12/h1-8,12,25H,9-10H2/b17-8-. The zero-order valence-corrected chi connectivity index (χ0v) is 16.0. The Balaban J connectivity index is 1.51. The summed E-state index contributed by atoms with van der Waals surface area (Å²) in [6.45, 7) is 0.0877. The first-order valence-corrected chi connectivity index (χ1v) is 9.58. The predicted molar refractivity (Wildman–Crippen MR) is 102 cm³/mol. The van der Waals surface area contributed by atoms with Crippen molar-refractivity contribution in [3.05, 3.63) is 58.5 Å². The number of thioether (sulfide) groups is 1. The summed E-state index contributed by atoms with van der Waals surface area (Å²) in [5, 5.41) is 8.87. The van der Waals surface area contributed by atoms with Gasteiger partial charge in [0.2, 0.25) is 0 Å². The molecule has 0 saturated carbocycles. The van der Waals surface area contributed by atoms with Gasteiger partial charge in [0.05, 0.1) is 17.0 Å². The number of fused-ring (bicyclic) bond motifs is 1. The largest absolute Gasteiger partial charge is 0.507 e. The highest BCUT2D eigenvalue weighted by Crippen LogP contribution is 2.38. The average Bonchev–Trinajstić information content (AvgIpc) is 2.96. The SMILES string of the molecule is O=C1S/C(=C\c2ccc(O)c(C(F)(F)F)c2)C(=O)N1CC1COc2ccccc2O1. The maximum Gasteiger partial charge on any atom is 0.419 e. The second kappa shape index (κ2) is 7.60. The summed E-state index contributed by atoms with van der Waals surface area (Å²) in [5.41, 5.74) is -1.18. The van der Waals surface area contributed by atoms with Crippen LogP contribution in [-0.4, -0.2) is 40.4 Å². The van der Waals surface area contributed by atoms with Gasteiger partial charge in [0, 0.05) is 0 Å². The summed E-state index contributed by atoms with van der Waals surface area (Å²) in [6.07, 6.45) is -4.13. The van der Waals surface area contributed by atoms with Crippen LogP contribution in [0.15, 0.2) is 47.4 Å². The molecule has 2 aromatic carbocycles. The van der Waals surface area contributed by atoms with Crippen molar-refractivity contribution in [2.45, 2.75) is 12.3 Å². The fraction of sp³-hybridized carbons (Fsp3) is 0.200. The fourth-order valence-electron chi connectivity index (χ4n) is 3.04. The minimum Gasteiger partial charge on any atom is -0.507 e. The maximum atomic E-state index is 13.0. The first-order chi connectivity index (χ1) is 14.2. The molecule has 30 heavy (non-hydrogen) atoms. The van der Waals surface area contributed by atoms with Crippen LogP contribution in [0.25, 0.3) is 6.08 Å². The van der Waals surface area contributed by atoms with E-state index in [1.165, 1.54) is 12.1 Å². The minimum absolute atomic E-state index is 0.0176. The number of nitrogens with zero attached hydrogens (tertiary/aromatic N) is 1. The highest BCUT2D eigenvalue weighted by Gasteiger charge is 2.38. The molecule has 2 aromatic rings. The highest BCUT2D eigenvalue weighted by atomic mass is 32.2. The van der Waals surface area contributed by atoms with E-state index in [0.717, 1.165) is 17.0 Å². The van der Waals surface area contributed by atoms with Gasteiger partial charge in [-0.3, -0.25) is 14.5 Å². The van der Waals surface area contributed by atoms with Gasteiger partial charge in [-0.2, -0.15) is 13.2 Å². The number of phenols is 1. The Bertz CT molecular complexity index is 1050. The van der Waals surface area contributed by atoms with Crippen LogP contribution in [0.3, 0.4) is 0 Å². The number of ether oxygens (including phenoxy) is 2. The molecule has 0 aliphatic carbocycles. The molecule has 0 bridgehead atoms. The first-order valence-electron chi connectivity index (χ1n) is 8.76. The molecule has 10 heteroatoms.